The molecule has 0 radical (unpaired) electrons. The first-order valence-corrected chi connectivity index (χ1v) is 17.3. The molecule has 0 fully saturated rings. The quantitative estimate of drug-likeness (QED) is 0.188. The molecule has 1 unspecified atom stereocenters. The van der Waals surface area contributed by atoms with Gasteiger partial charge in [0.05, 0.1) is 17.1 Å². The third-order valence-corrected chi connectivity index (χ3v) is 11.0. The van der Waals surface area contributed by atoms with Crippen molar-refractivity contribution in [3.8, 4) is 22.3 Å². The molecule has 0 aliphatic heterocycles. The zero-order valence-corrected chi connectivity index (χ0v) is 27.7. The Labute approximate surface area is 286 Å². The Morgan fingerprint density at radius 1 is 0.510 bits per heavy atom. The Bertz CT molecular complexity index is 2570. The van der Waals surface area contributed by atoms with Crippen molar-refractivity contribution in [2.75, 3.05) is 4.90 Å². The van der Waals surface area contributed by atoms with Crippen LogP contribution in [0.15, 0.2) is 162 Å². The number of para-hydroxylation sites is 2. The first-order valence-electron chi connectivity index (χ1n) is 17.3. The fourth-order valence-corrected chi connectivity index (χ4v) is 8.81. The van der Waals surface area contributed by atoms with Crippen molar-refractivity contribution >= 4 is 39.0 Å². The summed E-state index contributed by atoms with van der Waals surface area (Å²) in [6.07, 6.45) is 0.954. The molecule has 0 spiro atoms. The summed E-state index contributed by atoms with van der Waals surface area (Å²) in [6.45, 7) is 4.72. The van der Waals surface area contributed by atoms with Gasteiger partial charge in [-0.1, -0.05) is 147 Å². The lowest BCUT2D eigenvalue weighted by Crippen LogP contribution is -2.16. The summed E-state index contributed by atoms with van der Waals surface area (Å²) >= 11 is 0. The van der Waals surface area contributed by atoms with Crippen molar-refractivity contribution in [1.29, 1.82) is 0 Å². The zero-order valence-electron chi connectivity index (χ0n) is 27.7. The molecule has 2 aliphatic carbocycles. The second kappa shape index (κ2) is 10.6. The first-order chi connectivity index (χ1) is 24.1. The number of rotatable bonds is 5. The molecule has 0 N–H and O–H groups in total. The highest BCUT2D eigenvalue weighted by Crippen LogP contribution is 2.58. The number of fused-ring (bicyclic) bond motifs is 9. The predicted octanol–water partition coefficient (Wildman–Crippen LogP) is 12.7. The third-order valence-electron chi connectivity index (χ3n) is 11.0. The summed E-state index contributed by atoms with van der Waals surface area (Å²) in [5.41, 5.74) is 17.1. The minimum Gasteiger partial charge on any atom is -0.454 e. The average molecular weight is 630 g/mol. The van der Waals surface area contributed by atoms with Crippen LogP contribution in [-0.2, 0) is 11.8 Å². The van der Waals surface area contributed by atoms with Crippen LogP contribution < -0.4 is 4.90 Å². The van der Waals surface area contributed by atoms with Gasteiger partial charge in [-0.2, -0.15) is 0 Å². The van der Waals surface area contributed by atoms with Crippen molar-refractivity contribution in [3.05, 3.63) is 186 Å². The summed E-state index contributed by atoms with van der Waals surface area (Å²) in [4.78, 5) is 2.50. The van der Waals surface area contributed by atoms with E-state index >= 15 is 0 Å². The second-order valence-electron chi connectivity index (χ2n) is 14.0. The molecule has 1 atom stereocenters. The molecule has 0 amide bonds. The maximum Gasteiger partial charge on any atom is 0.159 e. The van der Waals surface area contributed by atoms with Crippen LogP contribution in [0.25, 0.3) is 44.2 Å². The van der Waals surface area contributed by atoms with Crippen LogP contribution in [0.4, 0.5) is 17.1 Å². The minimum atomic E-state index is -0.120. The average Bonchev–Trinajstić information content (AvgIpc) is 3.76. The van der Waals surface area contributed by atoms with E-state index in [0.29, 0.717) is 0 Å². The van der Waals surface area contributed by atoms with Gasteiger partial charge in [0, 0.05) is 33.2 Å². The molecule has 49 heavy (non-hydrogen) atoms. The SMILES string of the molecule is CC1(C)c2ccccc2-c2c(N(c3cccc4c3-c3ccccc3C4Cc3ccccc3)c3cccc4c3oc3ccccc34)cccc21. The molecule has 7 aromatic carbocycles. The number of anilines is 3. The molecule has 2 heteroatoms. The number of hydrogen-bond acceptors (Lipinski definition) is 2. The molecule has 2 nitrogen and oxygen atoms in total. The van der Waals surface area contributed by atoms with Crippen LogP contribution >= 0.6 is 0 Å². The molecule has 0 bridgehead atoms. The topological polar surface area (TPSA) is 16.4 Å². The fraction of sp³-hybridized carbons (Fsp3) is 0.106. The molecule has 1 heterocycles. The molecular formula is C47H35NO. The van der Waals surface area contributed by atoms with Gasteiger partial charge in [0.2, 0.25) is 0 Å². The van der Waals surface area contributed by atoms with Crippen LogP contribution in [0.1, 0.15) is 47.6 Å². The van der Waals surface area contributed by atoms with Gasteiger partial charge in [0.1, 0.15) is 5.58 Å². The Balaban J connectivity index is 1.29. The zero-order chi connectivity index (χ0) is 32.7. The van der Waals surface area contributed by atoms with E-state index < -0.39 is 0 Å². The smallest absolute Gasteiger partial charge is 0.159 e. The van der Waals surface area contributed by atoms with Crippen LogP contribution in [0.3, 0.4) is 0 Å². The Morgan fingerprint density at radius 2 is 1.12 bits per heavy atom. The van der Waals surface area contributed by atoms with Gasteiger partial charge in [-0.15, -0.1) is 0 Å². The van der Waals surface area contributed by atoms with Crippen molar-refractivity contribution in [3.63, 3.8) is 0 Å². The van der Waals surface area contributed by atoms with E-state index in [1.54, 1.807) is 0 Å². The van der Waals surface area contributed by atoms with Crippen LogP contribution in [-0.4, -0.2) is 0 Å². The Hall–Kier alpha value is -5.86. The van der Waals surface area contributed by atoms with Gasteiger partial charge in [0.15, 0.2) is 5.58 Å². The number of benzene rings is 7. The van der Waals surface area contributed by atoms with E-state index in [2.05, 4.69) is 176 Å². The van der Waals surface area contributed by atoms with Crippen LogP contribution in [0.5, 0.6) is 0 Å². The number of hydrogen-bond donors (Lipinski definition) is 0. The standard InChI is InChI=1S/C47H35NO/c1-47(2)38-23-10-8-20-36(38)45-39(47)24-14-26-41(45)48(42-27-13-22-35-32-18-9-11-28-43(32)49-46(35)42)40-25-12-21-34-37(29-30-15-4-3-5-16-30)31-17-6-7-19-33(31)44(34)40/h3-28,37H,29H2,1-2H3. The van der Waals surface area contributed by atoms with E-state index in [0.717, 1.165) is 34.0 Å². The Morgan fingerprint density at radius 3 is 2.00 bits per heavy atom. The molecule has 0 saturated heterocycles. The van der Waals surface area contributed by atoms with Crippen molar-refractivity contribution in [2.24, 2.45) is 0 Å². The summed E-state index contributed by atoms with van der Waals surface area (Å²) in [7, 11) is 0. The molecule has 2 aliphatic rings. The molecular weight excluding hydrogens is 595 g/mol. The summed E-state index contributed by atoms with van der Waals surface area (Å²) < 4.78 is 6.78. The normalized spacial score (nSPS) is 15.2. The van der Waals surface area contributed by atoms with Crippen molar-refractivity contribution < 1.29 is 4.42 Å². The minimum absolute atomic E-state index is 0.120. The fourth-order valence-electron chi connectivity index (χ4n) is 8.81. The van der Waals surface area contributed by atoms with Gasteiger partial charge in [-0.3, -0.25) is 0 Å². The second-order valence-corrected chi connectivity index (χ2v) is 14.0. The van der Waals surface area contributed by atoms with E-state index in [4.69, 9.17) is 4.42 Å². The Kier molecular flexibility index (Phi) is 6.08. The number of nitrogens with zero attached hydrogens (tertiary/aromatic N) is 1. The lowest BCUT2D eigenvalue weighted by molar-refractivity contribution is 0.660. The van der Waals surface area contributed by atoms with E-state index in [1.807, 2.05) is 0 Å². The largest absolute Gasteiger partial charge is 0.454 e. The molecule has 1 aromatic heterocycles. The first kappa shape index (κ1) is 28.2. The van der Waals surface area contributed by atoms with E-state index in [-0.39, 0.29) is 11.3 Å². The van der Waals surface area contributed by atoms with Gasteiger partial charge in [-0.05, 0) is 69.6 Å². The van der Waals surface area contributed by atoms with Crippen molar-refractivity contribution in [1.82, 2.24) is 0 Å². The maximum atomic E-state index is 6.78. The highest BCUT2D eigenvalue weighted by molar-refractivity contribution is 6.12. The van der Waals surface area contributed by atoms with Gasteiger partial charge in [-0.25, -0.2) is 0 Å². The van der Waals surface area contributed by atoms with Gasteiger partial charge < -0.3 is 9.32 Å². The lowest BCUT2D eigenvalue weighted by atomic mass is 9.82. The predicted molar refractivity (Wildman–Crippen MR) is 203 cm³/mol. The molecule has 8 aromatic rings. The molecule has 234 valence electrons. The summed E-state index contributed by atoms with van der Waals surface area (Å²) in [5, 5.41) is 2.26. The highest BCUT2D eigenvalue weighted by Gasteiger charge is 2.39. The van der Waals surface area contributed by atoms with Gasteiger partial charge >= 0.3 is 0 Å². The van der Waals surface area contributed by atoms with Crippen molar-refractivity contribution in [2.45, 2.75) is 31.6 Å². The van der Waals surface area contributed by atoms with Crippen LogP contribution in [0.2, 0.25) is 0 Å². The third kappa shape index (κ3) is 4.07. The van der Waals surface area contributed by atoms with Gasteiger partial charge in [0.25, 0.3) is 0 Å². The summed E-state index contributed by atoms with van der Waals surface area (Å²) in [6, 6.07) is 57.7. The molecule has 10 rings (SSSR count). The van der Waals surface area contributed by atoms with E-state index in [1.165, 1.54) is 61.4 Å². The maximum absolute atomic E-state index is 6.78. The molecule has 0 saturated carbocycles. The highest BCUT2D eigenvalue weighted by atomic mass is 16.3. The summed E-state index contributed by atoms with van der Waals surface area (Å²) in [5.74, 6) is 0.263. The lowest BCUT2D eigenvalue weighted by Gasteiger charge is -2.30. The monoisotopic (exact) mass is 629 g/mol. The van der Waals surface area contributed by atoms with Crippen LogP contribution in [0, 0.1) is 0 Å². The van der Waals surface area contributed by atoms with E-state index in [9.17, 15) is 0 Å². The number of furan rings is 1.